The molecule has 0 spiro atoms. The summed E-state index contributed by atoms with van der Waals surface area (Å²) in [6, 6.07) is 71.7. The van der Waals surface area contributed by atoms with E-state index in [2.05, 4.69) is 206 Å². The standard InChI is InChI=1S/C58H45N7/c1-38(2)37-60-63-56-52(41-31-35-47(36-32-41)65(44-23-11-5-12-24-44)45-25-13-6-14-26-45)58-57(61-54-48-27-15-17-39-18-16-28-49(50(39)48)55(54)62-58)51(53(56)59)40-29-33-46(34-30-40)64(42-19-7-3-8-20-42)43-21-9-4-10-22-43/h3-36,38H,37,59H2,1-2H3. The topological polar surface area (TPSA) is 83.0 Å². The van der Waals surface area contributed by atoms with E-state index in [4.69, 9.17) is 25.9 Å². The summed E-state index contributed by atoms with van der Waals surface area (Å²) in [5.74, 6) is 0.302. The van der Waals surface area contributed by atoms with E-state index in [0.29, 0.717) is 34.9 Å². The number of rotatable bonds is 11. The van der Waals surface area contributed by atoms with E-state index < -0.39 is 0 Å². The number of nitrogens with zero attached hydrogens (tertiary/aromatic N) is 6. The van der Waals surface area contributed by atoms with E-state index in [-0.39, 0.29) is 0 Å². The first kappa shape index (κ1) is 39.4. The van der Waals surface area contributed by atoms with Gasteiger partial charge < -0.3 is 15.5 Å². The van der Waals surface area contributed by atoms with Crippen LogP contribution in [-0.2, 0) is 0 Å². The lowest BCUT2D eigenvalue weighted by atomic mass is 9.92. The van der Waals surface area contributed by atoms with E-state index >= 15 is 0 Å². The number of nitrogen functional groups attached to an aromatic ring is 1. The molecule has 1 aliphatic carbocycles. The average Bonchev–Trinajstić information content (AvgIpc) is 3.66. The first-order valence-corrected chi connectivity index (χ1v) is 22.1. The molecule has 10 aromatic rings. The van der Waals surface area contributed by atoms with Gasteiger partial charge in [0.15, 0.2) is 0 Å². The summed E-state index contributed by atoms with van der Waals surface area (Å²) in [6.07, 6.45) is 0. The number of benzene rings is 9. The normalized spacial score (nSPS) is 11.7. The predicted octanol–water partition coefficient (Wildman–Crippen LogP) is 16.0. The van der Waals surface area contributed by atoms with Gasteiger partial charge in [-0.2, -0.15) is 10.2 Å². The molecule has 0 saturated carbocycles. The minimum atomic E-state index is 0.302. The largest absolute Gasteiger partial charge is 0.396 e. The maximum Gasteiger partial charge on any atom is 0.119 e. The Bertz CT molecular complexity index is 3270. The molecular weight excluding hydrogens is 795 g/mol. The highest BCUT2D eigenvalue weighted by atomic mass is 15.1. The lowest BCUT2D eigenvalue weighted by molar-refractivity contribution is 0.647. The molecule has 0 radical (unpaired) electrons. The third-order valence-electron chi connectivity index (χ3n) is 12.0. The second-order valence-corrected chi connectivity index (χ2v) is 16.8. The van der Waals surface area contributed by atoms with Gasteiger partial charge in [0.1, 0.15) is 16.7 Å². The van der Waals surface area contributed by atoms with Crippen molar-refractivity contribution in [1.29, 1.82) is 0 Å². The monoisotopic (exact) mass is 839 g/mol. The molecule has 7 nitrogen and oxygen atoms in total. The van der Waals surface area contributed by atoms with E-state index in [1.807, 2.05) is 24.3 Å². The van der Waals surface area contributed by atoms with Crippen LogP contribution in [0.25, 0.3) is 66.6 Å². The Balaban J connectivity index is 1.14. The molecule has 0 amide bonds. The minimum Gasteiger partial charge on any atom is -0.396 e. The Morgan fingerprint density at radius 3 is 1.25 bits per heavy atom. The zero-order chi connectivity index (χ0) is 43.9. The zero-order valence-corrected chi connectivity index (χ0v) is 36.2. The fraction of sp³-hybridized carbons (Fsp3) is 0.0690. The van der Waals surface area contributed by atoms with Crippen LogP contribution in [0, 0.1) is 5.92 Å². The summed E-state index contributed by atoms with van der Waals surface area (Å²) in [4.78, 5) is 15.8. The van der Waals surface area contributed by atoms with Gasteiger partial charge in [0.2, 0.25) is 0 Å². The SMILES string of the molecule is CC(C)CN=Nc1c(N)c(-c2ccc(N(c3ccccc3)c3ccccc3)cc2)c2nc3c(nc2c1-c1ccc(N(c2ccccc2)c2ccccc2)cc1)-c1cccc2cccc-3c12. The van der Waals surface area contributed by atoms with Crippen molar-refractivity contribution in [1.82, 2.24) is 9.97 Å². The number of fused-ring (bicyclic) bond motifs is 4. The Hall–Kier alpha value is -8.42. The quantitative estimate of drug-likeness (QED) is 0.104. The van der Waals surface area contributed by atoms with Crippen LogP contribution in [0.15, 0.2) is 216 Å². The number of anilines is 7. The summed E-state index contributed by atoms with van der Waals surface area (Å²) < 4.78 is 0. The van der Waals surface area contributed by atoms with Gasteiger partial charge in [-0.3, -0.25) is 0 Å². The number of nitrogens with two attached hydrogens (primary N) is 1. The van der Waals surface area contributed by atoms with Crippen molar-refractivity contribution in [3.63, 3.8) is 0 Å². The van der Waals surface area contributed by atoms with E-state index in [9.17, 15) is 0 Å². The number of aromatic nitrogens is 2. The second kappa shape index (κ2) is 16.7. The Labute approximate surface area is 378 Å². The summed E-state index contributed by atoms with van der Waals surface area (Å²) in [7, 11) is 0. The highest BCUT2D eigenvalue weighted by Crippen LogP contribution is 2.52. The first-order chi connectivity index (χ1) is 32.0. The molecule has 7 heteroatoms. The van der Waals surface area contributed by atoms with Gasteiger partial charge in [-0.15, -0.1) is 0 Å². The summed E-state index contributed by atoms with van der Waals surface area (Å²) in [5.41, 5.74) is 23.5. The average molecular weight is 840 g/mol. The first-order valence-electron chi connectivity index (χ1n) is 22.1. The molecule has 2 N–H and O–H groups in total. The molecule has 0 unspecified atom stereocenters. The van der Waals surface area contributed by atoms with Crippen LogP contribution in [0.5, 0.6) is 0 Å². The molecule has 9 aromatic carbocycles. The van der Waals surface area contributed by atoms with Gasteiger partial charge in [-0.1, -0.05) is 147 Å². The molecule has 0 fully saturated rings. The van der Waals surface area contributed by atoms with Crippen molar-refractivity contribution < 1.29 is 0 Å². The molecule has 1 aromatic heterocycles. The summed E-state index contributed by atoms with van der Waals surface area (Å²) in [6.45, 7) is 4.83. The van der Waals surface area contributed by atoms with E-state index in [1.54, 1.807) is 0 Å². The molecule has 0 saturated heterocycles. The Morgan fingerprint density at radius 1 is 0.446 bits per heavy atom. The third-order valence-corrected chi connectivity index (χ3v) is 12.0. The molecule has 312 valence electrons. The Morgan fingerprint density at radius 2 is 0.831 bits per heavy atom. The third kappa shape index (κ3) is 7.13. The zero-order valence-electron chi connectivity index (χ0n) is 36.2. The van der Waals surface area contributed by atoms with Crippen molar-refractivity contribution in [2.24, 2.45) is 16.1 Å². The fourth-order valence-electron chi connectivity index (χ4n) is 9.09. The van der Waals surface area contributed by atoms with Crippen LogP contribution in [-0.4, -0.2) is 16.5 Å². The van der Waals surface area contributed by atoms with E-state index in [0.717, 1.165) is 89.7 Å². The van der Waals surface area contributed by atoms with Crippen molar-refractivity contribution in [2.45, 2.75) is 13.8 Å². The van der Waals surface area contributed by atoms with Gasteiger partial charge in [0.05, 0.1) is 23.6 Å². The maximum absolute atomic E-state index is 7.51. The van der Waals surface area contributed by atoms with E-state index in [1.165, 1.54) is 0 Å². The molecule has 0 aliphatic heterocycles. The summed E-state index contributed by atoms with van der Waals surface area (Å²) in [5, 5.41) is 12.1. The van der Waals surface area contributed by atoms with Gasteiger partial charge in [-0.25, -0.2) is 9.97 Å². The van der Waals surface area contributed by atoms with Crippen molar-refractivity contribution in [3.8, 4) is 44.8 Å². The number of hydrogen-bond acceptors (Lipinski definition) is 7. The number of hydrogen-bond donors (Lipinski definition) is 1. The van der Waals surface area contributed by atoms with Crippen LogP contribution >= 0.6 is 0 Å². The maximum atomic E-state index is 7.51. The molecule has 1 heterocycles. The van der Waals surface area contributed by atoms with Crippen LogP contribution in [0.2, 0.25) is 0 Å². The molecule has 1 aliphatic rings. The molecule has 0 atom stereocenters. The van der Waals surface area contributed by atoms with Crippen molar-refractivity contribution >= 4 is 67.3 Å². The van der Waals surface area contributed by atoms with Crippen LogP contribution in [0.3, 0.4) is 0 Å². The van der Waals surface area contributed by atoms with Crippen LogP contribution < -0.4 is 15.5 Å². The number of azo groups is 1. The van der Waals surface area contributed by atoms with Crippen molar-refractivity contribution in [3.05, 3.63) is 206 Å². The lowest BCUT2D eigenvalue weighted by Gasteiger charge is -2.26. The van der Waals surface area contributed by atoms with Crippen molar-refractivity contribution in [2.75, 3.05) is 22.1 Å². The highest BCUT2D eigenvalue weighted by molar-refractivity contribution is 6.18. The molecule has 65 heavy (non-hydrogen) atoms. The molecule has 11 rings (SSSR count). The molecule has 0 bridgehead atoms. The highest BCUT2D eigenvalue weighted by Gasteiger charge is 2.30. The minimum absolute atomic E-state index is 0.302. The smallest absolute Gasteiger partial charge is 0.119 e. The van der Waals surface area contributed by atoms with Gasteiger partial charge in [0.25, 0.3) is 0 Å². The van der Waals surface area contributed by atoms with Gasteiger partial charge in [-0.05, 0) is 95.2 Å². The Kier molecular flexibility index (Phi) is 10.1. The van der Waals surface area contributed by atoms with Gasteiger partial charge in [0, 0.05) is 61.8 Å². The van der Waals surface area contributed by atoms with Crippen LogP contribution in [0.4, 0.5) is 45.5 Å². The van der Waals surface area contributed by atoms with Gasteiger partial charge >= 0.3 is 0 Å². The molecular formula is C58H45N7. The van der Waals surface area contributed by atoms with Crippen LogP contribution in [0.1, 0.15) is 13.8 Å². The predicted molar refractivity (Wildman–Crippen MR) is 270 cm³/mol. The second-order valence-electron chi connectivity index (χ2n) is 16.8. The fourth-order valence-corrected chi connectivity index (χ4v) is 9.09. The number of para-hydroxylation sites is 4. The summed E-state index contributed by atoms with van der Waals surface area (Å²) >= 11 is 0. The lowest BCUT2D eigenvalue weighted by Crippen LogP contribution is -2.09.